The predicted octanol–water partition coefficient (Wildman–Crippen LogP) is 2.34. The van der Waals surface area contributed by atoms with Crippen molar-refractivity contribution in [1.82, 2.24) is 14.8 Å². The topological polar surface area (TPSA) is 76.6 Å². The van der Waals surface area contributed by atoms with Gasteiger partial charge < -0.3 is 15.0 Å². The Bertz CT molecular complexity index is 1080. The standard InChI is InChI=1S/C24H27N3O3/c1-26(22(19-5-3-2-4-6-19)16-27-12-11-20(28)15-27)24(30)14-17-7-8-18-9-10-23(29)25-21(18)13-17/h2-10,13,20,22,28H,11-12,14-16H2,1H3,(H,25,29)/t20?,22-/m1/s1. The van der Waals surface area contributed by atoms with E-state index < -0.39 is 0 Å². The highest BCUT2D eigenvalue weighted by molar-refractivity contribution is 5.83. The molecule has 2 aromatic carbocycles. The molecule has 3 aromatic rings. The molecule has 0 saturated carbocycles. The summed E-state index contributed by atoms with van der Waals surface area (Å²) in [5.41, 5.74) is 2.53. The third-order valence-corrected chi connectivity index (χ3v) is 5.87. The molecule has 1 amide bonds. The number of aromatic nitrogens is 1. The maximum absolute atomic E-state index is 13.2. The Balaban J connectivity index is 1.53. The van der Waals surface area contributed by atoms with E-state index in [0.717, 1.165) is 35.0 Å². The summed E-state index contributed by atoms with van der Waals surface area (Å²) in [5.74, 6) is 0.0150. The number of aliphatic hydroxyl groups is 1. The van der Waals surface area contributed by atoms with Crippen molar-refractivity contribution in [2.75, 3.05) is 26.7 Å². The van der Waals surface area contributed by atoms with Gasteiger partial charge in [0.1, 0.15) is 0 Å². The number of H-pyrrole nitrogens is 1. The number of nitrogens with zero attached hydrogens (tertiary/aromatic N) is 2. The lowest BCUT2D eigenvalue weighted by molar-refractivity contribution is -0.131. The van der Waals surface area contributed by atoms with E-state index in [1.165, 1.54) is 6.07 Å². The van der Waals surface area contributed by atoms with Crippen LogP contribution in [0.15, 0.2) is 65.5 Å². The van der Waals surface area contributed by atoms with Crippen LogP contribution in [0.5, 0.6) is 0 Å². The second-order valence-corrected chi connectivity index (χ2v) is 8.05. The number of carbonyl (C=O) groups is 1. The molecule has 1 fully saturated rings. The van der Waals surface area contributed by atoms with E-state index >= 15 is 0 Å². The summed E-state index contributed by atoms with van der Waals surface area (Å²) in [5, 5.41) is 10.8. The van der Waals surface area contributed by atoms with Gasteiger partial charge in [-0.3, -0.25) is 14.5 Å². The van der Waals surface area contributed by atoms with Gasteiger partial charge >= 0.3 is 0 Å². The first kappa shape index (κ1) is 20.3. The van der Waals surface area contributed by atoms with Crippen molar-refractivity contribution < 1.29 is 9.90 Å². The van der Waals surface area contributed by atoms with Gasteiger partial charge in [-0.15, -0.1) is 0 Å². The van der Waals surface area contributed by atoms with Crippen molar-refractivity contribution in [1.29, 1.82) is 0 Å². The van der Waals surface area contributed by atoms with Crippen LogP contribution in [-0.4, -0.2) is 58.6 Å². The maximum Gasteiger partial charge on any atom is 0.248 e. The molecule has 1 aliphatic rings. The van der Waals surface area contributed by atoms with Gasteiger partial charge in [0.2, 0.25) is 11.5 Å². The second-order valence-electron chi connectivity index (χ2n) is 8.05. The number of benzene rings is 2. The number of likely N-dealkylation sites (N-methyl/N-ethyl adjacent to an activating group) is 1. The summed E-state index contributed by atoms with van der Waals surface area (Å²) in [6, 6.07) is 18.9. The molecule has 4 rings (SSSR count). The SMILES string of the molecule is CN(C(=O)Cc1ccc2ccc(=O)[nH]c2c1)[C@H](CN1CCC(O)C1)c1ccccc1. The number of β-amino-alcohol motifs (C(OH)–C–C–N with tert-alkyl or cyclic N) is 1. The number of aromatic amines is 1. The van der Waals surface area contributed by atoms with Crippen LogP contribution in [0.3, 0.4) is 0 Å². The Morgan fingerprint density at radius 1 is 1.20 bits per heavy atom. The quantitative estimate of drug-likeness (QED) is 0.660. The number of amides is 1. The number of carbonyl (C=O) groups excluding carboxylic acids is 1. The lowest BCUT2D eigenvalue weighted by atomic mass is 10.0. The van der Waals surface area contributed by atoms with Crippen molar-refractivity contribution in [3.8, 4) is 0 Å². The molecule has 1 aliphatic heterocycles. The Kier molecular flexibility index (Phi) is 5.97. The van der Waals surface area contributed by atoms with Crippen LogP contribution in [0.4, 0.5) is 0 Å². The Hall–Kier alpha value is -2.96. The molecular weight excluding hydrogens is 378 g/mol. The summed E-state index contributed by atoms with van der Waals surface area (Å²) < 4.78 is 0. The minimum absolute atomic E-state index is 0.0150. The van der Waals surface area contributed by atoms with Crippen molar-refractivity contribution in [2.45, 2.75) is 25.0 Å². The number of pyridine rings is 1. The maximum atomic E-state index is 13.2. The van der Waals surface area contributed by atoms with Crippen LogP contribution >= 0.6 is 0 Å². The van der Waals surface area contributed by atoms with Crippen LogP contribution < -0.4 is 5.56 Å². The van der Waals surface area contributed by atoms with Gasteiger partial charge in [-0.05, 0) is 35.1 Å². The van der Waals surface area contributed by atoms with E-state index in [0.29, 0.717) is 13.1 Å². The summed E-state index contributed by atoms with van der Waals surface area (Å²) in [7, 11) is 1.84. The second kappa shape index (κ2) is 8.81. The molecule has 6 nitrogen and oxygen atoms in total. The van der Waals surface area contributed by atoms with E-state index in [1.54, 1.807) is 11.0 Å². The molecular formula is C24H27N3O3. The van der Waals surface area contributed by atoms with Gasteiger partial charge in [0.15, 0.2) is 0 Å². The van der Waals surface area contributed by atoms with Gasteiger partial charge in [0, 0.05) is 38.3 Å². The number of fused-ring (bicyclic) bond motifs is 1. The van der Waals surface area contributed by atoms with Crippen molar-refractivity contribution in [2.24, 2.45) is 0 Å². The van der Waals surface area contributed by atoms with E-state index in [1.807, 2.05) is 55.6 Å². The van der Waals surface area contributed by atoms with Crippen LogP contribution in [-0.2, 0) is 11.2 Å². The Labute approximate surface area is 175 Å². The van der Waals surface area contributed by atoms with Crippen molar-refractivity contribution in [3.05, 3.63) is 82.1 Å². The average molecular weight is 405 g/mol. The monoisotopic (exact) mass is 405 g/mol. The van der Waals surface area contributed by atoms with Crippen molar-refractivity contribution >= 4 is 16.8 Å². The molecule has 1 aromatic heterocycles. The minimum atomic E-state index is -0.290. The first-order valence-corrected chi connectivity index (χ1v) is 10.3. The van der Waals surface area contributed by atoms with E-state index in [-0.39, 0.29) is 30.0 Å². The van der Waals surface area contributed by atoms with Crippen LogP contribution in [0.1, 0.15) is 23.6 Å². The van der Waals surface area contributed by atoms with Gasteiger partial charge in [-0.25, -0.2) is 0 Å². The molecule has 156 valence electrons. The first-order chi connectivity index (χ1) is 14.5. The fraction of sp³-hybridized carbons (Fsp3) is 0.333. The largest absolute Gasteiger partial charge is 0.392 e. The highest BCUT2D eigenvalue weighted by atomic mass is 16.3. The van der Waals surface area contributed by atoms with Gasteiger partial charge in [-0.1, -0.05) is 42.5 Å². The first-order valence-electron chi connectivity index (χ1n) is 10.3. The van der Waals surface area contributed by atoms with Crippen LogP contribution in [0, 0.1) is 0 Å². The summed E-state index contributed by atoms with van der Waals surface area (Å²) in [6.45, 7) is 2.17. The number of nitrogens with one attached hydrogen (secondary N) is 1. The number of aliphatic hydroxyl groups excluding tert-OH is 1. The number of hydrogen-bond donors (Lipinski definition) is 2. The smallest absolute Gasteiger partial charge is 0.248 e. The van der Waals surface area contributed by atoms with Gasteiger partial charge in [0.25, 0.3) is 0 Å². The molecule has 2 N–H and O–H groups in total. The molecule has 0 aliphatic carbocycles. The average Bonchev–Trinajstić information content (AvgIpc) is 3.16. The Morgan fingerprint density at radius 3 is 2.70 bits per heavy atom. The molecule has 30 heavy (non-hydrogen) atoms. The molecule has 1 unspecified atom stereocenters. The number of hydrogen-bond acceptors (Lipinski definition) is 4. The number of rotatable bonds is 6. The highest BCUT2D eigenvalue weighted by Gasteiger charge is 2.28. The zero-order valence-electron chi connectivity index (χ0n) is 17.1. The molecule has 0 radical (unpaired) electrons. The van der Waals surface area contributed by atoms with Gasteiger partial charge in [-0.2, -0.15) is 0 Å². The molecule has 1 saturated heterocycles. The molecule has 2 heterocycles. The lowest BCUT2D eigenvalue weighted by Gasteiger charge is -2.32. The summed E-state index contributed by atoms with van der Waals surface area (Å²) in [4.78, 5) is 31.6. The fourth-order valence-electron chi connectivity index (χ4n) is 4.13. The minimum Gasteiger partial charge on any atom is -0.392 e. The van der Waals surface area contributed by atoms with E-state index in [2.05, 4.69) is 9.88 Å². The summed E-state index contributed by atoms with van der Waals surface area (Å²) >= 11 is 0. The molecule has 0 spiro atoms. The number of likely N-dealkylation sites (tertiary alicyclic amines) is 1. The zero-order valence-corrected chi connectivity index (χ0v) is 17.1. The third kappa shape index (κ3) is 4.61. The van der Waals surface area contributed by atoms with E-state index in [4.69, 9.17) is 0 Å². The predicted molar refractivity (Wildman–Crippen MR) is 117 cm³/mol. The van der Waals surface area contributed by atoms with Crippen LogP contribution in [0.2, 0.25) is 0 Å². The van der Waals surface area contributed by atoms with Gasteiger partial charge in [0.05, 0.1) is 18.6 Å². The van der Waals surface area contributed by atoms with Crippen molar-refractivity contribution in [3.63, 3.8) is 0 Å². The molecule has 0 bridgehead atoms. The molecule has 6 heteroatoms. The zero-order chi connectivity index (χ0) is 21.1. The molecule has 2 atom stereocenters. The third-order valence-electron chi connectivity index (χ3n) is 5.87. The highest BCUT2D eigenvalue weighted by Crippen LogP contribution is 2.24. The fourth-order valence-corrected chi connectivity index (χ4v) is 4.13. The normalized spacial score (nSPS) is 17.9. The Morgan fingerprint density at radius 2 is 1.97 bits per heavy atom. The lowest BCUT2D eigenvalue weighted by Crippen LogP contribution is -2.39. The van der Waals surface area contributed by atoms with E-state index in [9.17, 15) is 14.7 Å². The van der Waals surface area contributed by atoms with Crippen LogP contribution in [0.25, 0.3) is 10.9 Å². The summed E-state index contributed by atoms with van der Waals surface area (Å²) in [6.07, 6.45) is 0.742.